The zero-order valence-corrected chi connectivity index (χ0v) is 12.0. The number of anilines is 1. The Morgan fingerprint density at radius 2 is 2.35 bits per heavy atom. The summed E-state index contributed by atoms with van der Waals surface area (Å²) < 4.78 is 7.53. The van der Waals surface area contributed by atoms with E-state index in [1.807, 2.05) is 6.07 Å². The first kappa shape index (κ1) is 13.3. The molecule has 1 atom stereocenters. The van der Waals surface area contributed by atoms with Gasteiger partial charge in [-0.3, -0.25) is 0 Å². The van der Waals surface area contributed by atoms with Crippen molar-refractivity contribution in [1.29, 1.82) is 0 Å². The number of aromatic nitrogens is 4. The minimum Gasteiger partial charge on any atom is -0.398 e. The van der Waals surface area contributed by atoms with Crippen LogP contribution in [0.5, 0.6) is 0 Å². The van der Waals surface area contributed by atoms with Crippen molar-refractivity contribution in [2.24, 2.45) is 0 Å². The predicted octanol–water partition coefficient (Wildman–Crippen LogP) is 2.14. The van der Waals surface area contributed by atoms with Crippen molar-refractivity contribution < 1.29 is 4.74 Å². The zero-order chi connectivity index (χ0) is 14.2. The number of nitrogens with zero attached hydrogens (tertiary/aromatic N) is 4. The van der Waals surface area contributed by atoms with Gasteiger partial charge in [-0.2, -0.15) is 0 Å². The van der Waals surface area contributed by atoms with Crippen LogP contribution in [0.3, 0.4) is 0 Å². The number of ether oxygens (including phenoxy) is 1. The molecule has 20 heavy (non-hydrogen) atoms. The van der Waals surface area contributed by atoms with E-state index in [4.69, 9.17) is 22.1 Å². The molecule has 0 radical (unpaired) electrons. The van der Waals surface area contributed by atoms with E-state index < -0.39 is 0 Å². The van der Waals surface area contributed by atoms with E-state index in [0.717, 1.165) is 25.0 Å². The van der Waals surface area contributed by atoms with Gasteiger partial charge in [-0.25, -0.2) is 4.68 Å². The average molecular weight is 294 g/mol. The number of rotatable bonds is 3. The number of benzene rings is 1. The van der Waals surface area contributed by atoms with E-state index in [0.29, 0.717) is 23.1 Å². The molecule has 1 unspecified atom stereocenters. The number of halogens is 1. The summed E-state index contributed by atoms with van der Waals surface area (Å²) in [5.74, 6) is 0.635. The Morgan fingerprint density at radius 3 is 3.05 bits per heavy atom. The molecule has 0 saturated carbocycles. The number of hydrogen-bond acceptors (Lipinski definition) is 5. The Balaban J connectivity index is 1.93. The van der Waals surface area contributed by atoms with E-state index in [9.17, 15) is 0 Å². The molecule has 7 heteroatoms. The predicted molar refractivity (Wildman–Crippen MR) is 76.3 cm³/mol. The Hall–Kier alpha value is -1.66. The van der Waals surface area contributed by atoms with Crippen molar-refractivity contribution in [3.05, 3.63) is 23.2 Å². The minimum absolute atomic E-state index is 0.217. The van der Waals surface area contributed by atoms with Gasteiger partial charge in [0.2, 0.25) is 0 Å². The molecule has 1 saturated heterocycles. The number of hydrogen-bond donors (Lipinski definition) is 1. The van der Waals surface area contributed by atoms with Gasteiger partial charge in [0.25, 0.3) is 0 Å². The van der Waals surface area contributed by atoms with Crippen LogP contribution in [0.1, 0.15) is 19.8 Å². The summed E-state index contributed by atoms with van der Waals surface area (Å²) in [6.07, 6.45) is 2.07. The van der Waals surface area contributed by atoms with Crippen LogP contribution in [0.15, 0.2) is 18.2 Å². The lowest BCUT2D eigenvalue weighted by atomic mass is 10.0. The van der Waals surface area contributed by atoms with Gasteiger partial charge in [0.1, 0.15) is 0 Å². The molecule has 2 heterocycles. The van der Waals surface area contributed by atoms with Crippen LogP contribution in [-0.2, 0) is 11.3 Å². The van der Waals surface area contributed by atoms with Crippen molar-refractivity contribution in [3.8, 4) is 11.4 Å². The lowest BCUT2D eigenvalue weighted by molar-refractivity contribution is 0.00356. The Bertz CT molecular complexity index is 621. The molecule has 0 amide bonds. The number of nitrogen functional groups attached to an aromatic ring is 1. The molecular formula is C13H16ClN5O. The maximum absolute atomic E-state index is 6.00. The molecule has 0 spiro atoms. The second kappa shape index (κ2) is 5.03. The maximum atomic E-state index is 6.00. The van der Waals surface area contributed by atoms with E-state index in [-0.39, 0.29) is 5.60 Å². The fraction of sp³-hybridized carbons (Fsp3) is 0.462. The molecule has 2 aromatic rings. The maximum Gasteiger partial charge on any atom is 0.184 e. The summed E-state index contributed by atoms with van der Waals surface area (Å²) in [6.45, 7) is 3.48. The molecule has 0 aliphatic carbocycles. The van der Waals surface area contributed by atoms with E-state index in [2.05, 4.69) is 22.4 Å². The van der Waals surface area contributed by atoms with Crippen molar-refractivity contribution in [1.82, 2.24) is 20.2 Å². The molecule has 3 rings (SSSR count). The molecular weight excluding hydrogens is 278 g/mol. The Kier molecular flexibility index (Phi) is 3.35. The van der Waals surface area contributed by atoms with Crippen molar-refractivity contribution in [3.63, 3.8) is 0 Å². The Labute approximate surface area is 121 Å². The van der Waals surface area contributed by atoms with Crippen LogP contribution in [0.25, 0.3) is 11.4 Å². The van der Waals surface area contributed by atoms with Crippen LogP contribution in [0.2, 0.25) is 5.02 Å². The average Bonchev–Trinajstić information content (AvgIpc) is 3.00. The fourth-order valence-corrected chi connectivity index (χ4v) is 2.70. The molecule has 1 fully saturated rings. The van der Waals surface area contributed by atoms with Gasteiger partial charge in [0.05, 0.1) is 12.1 Å². The summed E-state index contributed by atoms with van der Waals surface area (Å²) in [5, 5.41) is 12.5. The number of nitrogens with two attached hydrogens (primary N) is 1. The second-order valence-corrected chi connectivity index (χ2v) is 5.73. The van der Waals surface area contributed by atoms with Crippen molar-refractivity contribution in [2.75, 3.05) is 12.3 Å². The van der Waals surface area contributed by atoms with Crippen molar-refractivity contribution >= 4 is 17.3 Å². The SMILES string of the molecule is CC1(Cn2nnnc2-c2ccc(Cl)cc2N)CCCO1. The molecule has 1 aromatic heterocycles. The summed E-state index contributed by atoms with van der Waals surface area (Å²) in [5.41, 5.74) is 7.12. The summed E-state index contributed by atoms with van der Waals surface area (Å²) in [4.78, 5) is 0. The van der Waals surface area contributed by atoms with E-state index in [1.165, 1.54) is 0 Å². The third-order valence-electron chi connectivity index (χ3n) is 3.57. The number of tetrazole rings is 1. The van der Waals surface area contributed by atoms with Crippen LogP contribution >= 0.6 is 11.6 Å². The topological polar surface area (TPSA) is 78.9 Å². The lowest BCUT2D eigenvalue weighted by Gasteiger charge is -2.23. The third kappa shape index (κ3) is 2.48. The highest BCUT2D eigenvalue weighted by molar-refractivity contribution is 6.31. The first-order valence-corrected chi connectivity index (χ1v) is 6.91. The molecule has 1 aliphatic heterocycles. The molecule has 6 nitrogen and oxygen atoms in total. The summed E-state index contributed by atoms with van der Waals surface area (Å²) in [7, 11) is 0. The normalized spacial score (nSPS) is 22.3. The highest BCUT2D eigenvalue weighted by Gasteiger charge is 2.32. The van der Waals surface area contributed by atoms with Crippen LogP contribution < -0.4 is 5.73 Å². The van der Waals surface area contributed by atoms with Gasteiger partial charge >= 0.3 is 0 Å². The zero-order valence-electron chi connectivity index (χ0n) is 11.2. The second-order valence-electron chi connectivity index (χ2n) is 5.29. The van der Waals surface area contributed by atoms with Gasteiger partial charge in [-0.15, -0.1) is 5.10 Å². The molecule has 0 bridgehead atoms. The minimum atomic E-state index is -0.217. The highest BCUT2D eigenvalue weighted by Crippen LogP contribution is 2.30. The largest absolute Gasteiger partial charge is 0.398 e. The highest BCUT2D eigenvalue weighted by atomic mass is 35.5. The van der Waals surface area contributed by atoms with Gasteiger partial charge in [0, 0.05) is 22.9 Å². The van der Waals surface area contributed by atoms with Crippen LogP contribution in [-0.4, -0.2) is 32.4 Å². The quantitative estimate of drug-likeness (QED) is 0.877. The summed E-state index contributed by atoms with van der Waals surface area (Å²) >= 11 is 5.92. The molecule has 1 aliphatic rings. The molecule has 2 N–H and O–H groups in total. The van der Waals surface area contributed by atoms with E-state index in [1.54, 1.807) is 16.8 Å². The Morgan fingerprint density at radius 1 is 1.50 bits per heavy atom. The molecule has 106 valence electrons. The van der Waals surface area contributed by atoms with E-state index >= 15 is 0 Å². The van der Waals surface area contributed by atoms with Gasteiger partial charge in [0.15, 0.2) is 5.82 Å². The molecule has 1 aromatic carbocycles. The van der Waals surface area contributed by atoms with Gasteiger partial charge in [-0.05, 0) is 48.4 Å². The van der Waals surface area contributed by atoms with Crippen LogP contribution in [0.4, 0.5) is 5.69 Å². The standard InChI is InChI=1S/C13H16ClN5O/c1-13(5-2-6-20-13)8-19-12(16-17-18-19)10-4-3-9(14)7-11(10)15/h3-4,7H,2,5-6,8,15H2,1H3. The first-order chi connectivity index (χ1) is 9.57. The van der Waals surface area contributed by atoms with Gasteiger partial charge in [-0.1, -0.05) is 11.6 Å². The monoisotopic (exact) mass is 293 g/mol. The van der Waals surface area contributed by atoms with Crippen molar-refractivity contribution in [2.45, 2.75) is 31.9 Å². The van der Waals surface area contributed by atoms with Crippen LogP contribution in [0, 0.1) is 0 Å². The summed E-state index contributed by atoms with van der Waals surface area (Å²) in [6, 6.07) is 5.31. The first-order valence-electron chi connectivity index (χ1n) is 6.53. The van der Waals surface area contributed by atoms with Gasteiger partial charge < -0.3 is 10.5 Å². The third-order valence-corrected chi connectivity index (χ3v) is 3.81. The fourth-order valence-electron chi connectivity index (χ4n) is 2.52. The smallest absolute Gasteiger partial charge is 0.184 e. The lowest BCUT2D eigenvalue weighted by Crippen LogP contribution is -2.30.